The van der Waals surface area contributed by atoms with Crippen LogP contribution < -0.4 is 4.57 Å². The second kappa shape index (κ2) is 10.7. The summed E-state index contributed by atoms with van der Waals surface area (Å²) < 4.78 is 41.3. The Bertz CT molecular complexity index is 1300. The van der Waals surface area contributed by atoms with Crippen LogP contribution in [0, 0.1) is 0 Å². The van der Waals surface area contributed by atoms with Crippen molar-refractivity contribution in [1.82, 2.24) is 9.97 Å². The van der Waals surface area contributed by atoms with Crippen molar-refractivity contribution in [3.63, 3.8) is 0 Å². The first kappa shape index (κ1) is 23.8. The molecule has 0 saturated heterocycles. The Balaban J connectivity index is 0.000000527. The van der Waals surface area contributed by atoms with E-state index in [1.54, 1.807) is 0 Å². The number of hydrogen-bond donors (Lipinski definition) is 0. The van der Waals surface area contributed by atoms with Crippen LogP contribution in [0.4, 0.5) is 17.3 Å². The predicted octanol–water partition coefficient (Wildman–Crippen LogP) is 7.05. The molecule has 8 heteroatoms. The van der Waals surface area contributed by atoms with Crippen LogP contribution in [0.3, 0.4) is 0 Å². The van der Waals surface area contributed by atoms with Crippen molar-refractivity contribution >= 4 is 7.25 Å². The van der Waals surface area contributed by atoms with Gasteiger partial charge in [-0.2, -0.15) is 4.57 Å². The van der Waals surface area contributed by atoms with Crippen LogP contribution in [0.25, 0.3) is 39.3 Å². The molecule has 0 aliphatic heterocycles. The van der Waals surface area contributed by atoms with Crippen LogP contribution in [-0.4, -0.2) is 17.2 Å². The summed E-state index contributed by atoms with van der Waals surface area (Å²) in [4.78, 5) is 8.41. The molecule has 3 nitrogen and oxygen atoms in total. The third kappa shape index (κ3) is 6.38. The first-order valence-corrected chi connectivity index (χ1v) is 10.8. The highest BCUT2D eigenvalue weighted by atomic mass is 19.5. The average Bonchev–Trinajstić information content (AvgIpc) is 2.89. The summed E-state index contributed by atoms with van der Waals surface area (Å²) in [7, 11) is -6.00. The second-order valence-electron chi connectivity index (χ2n) is 7.52. The minimum Gasteiger partial charge on any atom is -0.418 e. The lowest BCUT2D eigenvalue weighted by Crippen LogP contribution is -2.36. The van der Waals surface area contributed by atoms with Crippen LogP contribution in [0.5, 0.6) is 0 Å². The van der Waals surface area contributed by atoms with Gasteiger partial charge in [-0.15, -0.1) is 0 Å². The lowest BCUT2D eigenvalue weighted by molar-refractivity contribution is -0.572. The zero-order valence-electron chi connectivity index (χ0n) is 18.5. The van der Waals surface area contributed by atoms with E-state index < -0.39 is 7.25 Å². The number of nitrogens with zero attached hydrogens (tertiary/aromatic N) is 3. The van der Waals surface area contributed by atoms with Gasteiger partial charge in [-0.1, -0.05) is 36.4 Å². The van der Waals surface area contributed by atoms with E-state index in [1.807, 2.05) is 49.1 Å². The van der Waals surface area contributed by atoms with Crippen molar-refractivity contribution in [2.45, 2.75) is 0 Å². The largest absolute Gasteiger partial charge is 0.673 e. The summed E-state index contributed by atoms with van der Waals surface area (Å²) in [6, 6.07) is 33.7. The van der Waals surface area contributed by atoms with E-state index in [0.717, 1.165) is 39.3 Å². The summed E-state index contributed by atoms with van der Waals surface area (Å²) in [6.45, 7) is 0. The highest BCUT2D eigenvalue weighted by molar-refractivity contribution is 6.50. The van der Waals surface area contributed by atoms with Crippen molar-refractivity contribution in [2.24, 2.45) is 0 Å². The summed E-state index contributed by atoms with van der Waals surface area (Å²) in [5, 5.41) is 0. The minimum absolute atomic E-state index is 1.07. The molecule has 0 bridgehead atoms. The van der Waals surface area contributed by atoms with Crippen molar-refractivity contribution in [2.75, 3.05) is 0 Å². The van der Waals surface area contributed by atoms with Gasteiger partial charge < -0.3 is 17.3 Å². The lowest BCUT2D eigenvalue weighted by atomic mass is 9.99. The van der Waals surface area contributed by atoms with Gasteiger partial charge in [0.25, 0.3) is 0 Å². The molecule has 0 amide bonds. The molecular formula is C27H20BF4N3. The van der Waals surface area contributed by atoms with E-state index in [0.29, 0.717) is 0 Å². The van der Waals surface area contributed by atoms with Gasteiger partial charge in [0.1, 0.15) is 0 Å². The van der Waals surface area contributed by atoms with Gasteiger partial charge in [0, 0.05) is 60.2 Å². The number of halogens is 4. The standard InChI is InChI=1S/C27H20N3.BF4/c1-3-7-22(8-4-1)26-19-24(21-11-15-28-16-12-21)20-27(23-9-5-2-6-10-23)30(26)25-13-17-29-18-14-25;2-1(3,4)5/h1-20H;/q+1;-1. The molecule has 0 N–H and O–H groups in total. The van der Waals surface area contributed by atoms with Crippen molar-refractivity contribution in [3.05, 3.63) is 122 Å². The van der Waals surface area contributed by atoms with Gasteiger partial charge in [-0.3, -0.25) is 9.97 Å². The number of rotatable bonds is 4. The van der Waals surface area contributed by atoms with Crippen molar-refractivity contribution in [1.29, 1.82) is 0 Å². The first-order chi connectivity index (χ1) is 16.9. The van der Waals surface area contributed by atoms with E-state index >= 15 is 0 Å². The quantitative estimate of drug-likeness (QED) is 0.159. The van der Waals surface area contributed by atoms with E-state index in [4.69, 9.17) is 0 Å². The smallest absolute Gasteiger partial charge is 0.418 e. The number of pyridine rings is 3. The van der Waals surface area contributed by atoms with Gasteiger partial charge >= 0.3 is 7.25 Å². The summed E-state index contributed by atoms with van der Waals surface area (Å²) in [5.41, 5.74) is 7.92. The summed E-state index contributed by atoms with van der Waals surface area (Å²) in [5.74, 6) is 0. The maximum Gasteiger partial charge on any atom is 0.673 e. The highest BCUT2D eigenvalue weighted by Crippen LogP contribution is 2.30. The number of benzene rings is 2. The topological polar surface area (TPSA) is 29.7 Å². The van der Waals surface area contributed by atoms with Gasteiger partial charge in [-0.25, -0.2) is 0 Å². The SMILES string of the molecule is F[B-](F)(F)F.c1ccc(-c2cc(-c3ccncc3)cc(-c3ccccc3)[n+]2-c2ccncc2)cc1. The molecule has 0 saturated carbocycles. The molecule has 0 unspecified atom stereocenters. The van der Waals surface area contributed by atoms with E-state index in [1.165, 1.54) is 0 Å². The fourth-order valence-electron chi connectivity index (χ4n) is 3.72. The van der Waals surface area contributed by atoms with Crippen LogP contribution in [0.1, 0.15) is 0 Å². The van der Waals surface area contributed by atoms with Gasteiger partial charge in [0.2, 0.25) is 17.1 Å². The van der Waals surface area contributed by atoms with Crippen molar-refractivity contribution in [3.8, 4) is 39.3 Å². The molecule has 5 rings (SSSR count). The fourth-order valence-corrected chi connectivity index (χ4v) is 3.72. The maximum atomic E-state index is 9.75. The molecule has 5 aromatic rings. The Kier molecular flexibility index (Phi) is 7.31. The Morgan fingerprint density at radius 3 is 1.31 bits per heavy atom. The molecule has 0 aliphatic carbocycles. The molecule has 35 heavy (non-hydrogen) atoms. The molecule has 0 fully saturated rings. The van der Waals surface area contributed by atoms with E-state index in [2.05, 4.69) is 87.3 Å². The van der Waals surface area contributed by atoms with Gasteiger partial charge in [0.05, 0.1) is 0 Å². The van der Waals surface area contributed by atoms with Crippen molar-refractivity contribution < 1.29 is 21.8 Å². The second-order valence-corrected chi connectivity index (χ2v) is 7.52. The maximum absolute atomic E-state index is 9.75. The average molecular weight is 473 g/mol. The lowest BCUT2D eigenvalue weighted by Gasteiger charge is -2.12. The zero-order valence-corrected chi connectivity index (χ0v) is 18.5. The molecule has 3 heterocycles. The van der Waals surface area contributed by atoms with E-state index in [9.17, 15) is 17.3 Å². The van der Waals surface area contributed by atoms with Crippen LogP contribution in [-0.2, 0) is 0 Å². The minimum atomic E-state index is -6.00. The zero-order chi connectivity index (χ0) is 24.7. The Morgan fingerprint density at radius 1 is 0.486 bits per heavy atom. The Morgan fingerprint density at radius 2 is 0.886 bits per heavy atom. The molecule has 174 valence electrons. The third-order valence-electron chi connectivity index (χ3n) is 5.14. The highest BCUT2D eigenvalue weighted by Gasteiger charge is 2.24. The van der Waals surface area contributed by atoms with Crippen LogP contribution >= 0.6 is 0 Å². The number of aromatic nitrogens is 3. The molecule has 2 aromatic carbocycles. The number of hydrogen-bond acceptors (Lipinski definition) is 2. The summed E-state index contributed by atoms with van der Waals surface area (Å²) >= 11 is 0. The molecule has 0 radical (unpaired) electrons. The summed E-state index contributed by atoms with van der Waals surface area (Å²) in [6.07, 6.45) is 7.35. The monoisotopic (exact) mass is 473 g/mol. The molecule has 0 spiro atoms. The van der Waals surface area contributed by atoms with Gasteiger partial charge in [0.15, 0.2) is 0 Å². The van der Waals surface area contributed by atoms with E-state index in [-0.39, 0.29) is 0 Å². The van der Waals surface area contributed by atoms with Crippen LogP contribution in [0.2, 0.25) is 0 Å². The normalized spacial score (nSPS) is 10.9. The third-order valence-corrected chi connectivity index (χ3v) is 5.14. The molecule has 0 aliphatic rings. The molecular weight excluding hydrogens is 453 g/mol. The molecule has 3 aromatic heterocycles. The fraction of sp³-hybridized carbons (Fsp3) is 0. The molecule has 0 atom stereocenters. The van der Waals surface area contributed by atoms with Gasteiger partial charge in [-0.05, 0) is 47.5 Å². The predicted molar refractivity (Wildman–Crippen MR) is 130 cm³/mol. The Hall–Kier alpha value is -4.33. The Labute approximate surface area is 200 Å². The first-order valence-electron chi connectivity index (χ1n) is 10.8. The van der Waals surface area contributed by atoms with Crippen LogP contribution in [0.15, 0.2) is 122 Å².